The maximum Gasteiger partial charge on any atom is 0.332 e. The van der Waals surface area contributed by atoms with Crippen LogP contribution in [0.5, 0.6) is 5.75 Å². The third-order valence-electron chi connectivity index (χ3n) is 5.18. The Hall–Kier alpha value is -3.76. The van der Waals surface area contributed by atoms with Crippen molar-refractivity contribution in [2.24, 2.45) is 7.05 Å². The number of amides is 1. The Morgan fingerprint density at radius 2 is 1.82 bits per heavy atom. The lowest BCUT2D eigenvalue weighted by molar-refractivity contribution is -0.116. The van der Waals surface area contributed by atoms with Crippen molar-refractivity contribution in [3.05, 3.63) is 90.7 Å². The van der Waals surface area contributed by atoms with Crippen molar-refractivity contribution in [3.8, 4) is 17.6 Å². The van der Waals surface area contributed by atoms with E-state index in [1.54, 1.807) is 19.1 Å². The van der Waals surface area contributed by atoms with Crippen LogP contribution in [0.4, 0.5) is 5.69 Å². The second-order valence-electron chi connectivity index (χ2n) is 7.74. The van der Waals surface area contributed by atoms with Gasteiger partial charge in [0, 0.05) is 19.0 Å². The molecular formula is C25H24ClN3O4. The molecule has 0 unspecified atom stereocenters. The van der Waals surface area contributed by atoms with Crippen molar-refractivity contribution in [2.75, 3.05) is 5.32 Å². The Labute approximate surface area is 196 Å². The molecule has 0 radical (unpaired) electrons. The molecule has 2 N–H and O–H groups in total. The zero-order chi connectivity index (χ0) is 24.1. The SMILES string of the molecule is Cc1ccc(CCC(=O)Nc2c(Cl)n(CC#Cc3ccc(C)c(O)c3)c(=O)n(C)c2=O)cc1. The number of hydrogen-bond acceptors (Lipinski definition) is 4. The van der Waals surface area contributed by atoms with E-state index in [-0.39, 0.29) is 35.5 Å². The lowest BCUT2D eigenvalue weighted by atomic mass is 10.1. The summed E-state index contributed by atoms with van der Waals surface area (Å²) in [4.78, 5) is 37.6. The molecule has 0 aliphatic heterocycles. The second kappa shape index (κ2) is 10.2. The maximum absolute atomic E-state index is 12.6. The average Bonchev–Trinajstić information content (AvgIpc) is 2.79. The maximum atomic E-state index is 12.6. The van der Waals surface area contributed by atoms with E-state index in [4.69, 9.17) is 11.6 Å². The Bertz CT molecular complexity index is 1380. The smallest absolute Gasteiger partial charge is 0.332 e. The minimum atomic E-state index is -0.693. The normalized spacial score (nSPS) is 10.4. The molecule has 170 valence electrons. The number of nitrogens with zero attached hydrogens (tertiary/aromatic N) is 2. The molecule has 0 aliphatic rings. The fourth-order valence-corrected chi connectivity index (χ4v) is 3.37. The highest BCUT2D eigenvalue weighted by molar-refractivity contribution is 6.32. The van der Waals surface area contributed by atoms with Gasteiger partial charge in [-0.1, -0.05) is 59.3 Å². The highest BCUT2D eigenvalue weighted by atomic mass is 35.5. The summed E-state index contributed by atoms with van der Waals surface area (Å²) in [5.74, 6) is 5.40. The van der Waals surface area contributed by atoms with Gasteiger partial charge >= 0.3 is 5.69 Å². The van der Waals surface area contributed by atoms with E-state index in [0.29, 0.717) is 12.0 Å². The minimum Gasteiger partial charge on any atom is -0.508 e. The van der Waals surface area contributed by atoms with E-state index < -0.39 is 11.2 Å². The first-order valence-corrected chi connectivity index (χ1v) is 10.7. The van der Waals surface area contributed by atoms with Gasteiger partial charge in [-0.3, -0.25) is 18.7 Å². The number of aromatic nitrogens is 2. The number of anilines is 1. The number of carbonyl (C=O) groups is 1. The summed E-state index contributed by atoms with van der Waals surface area (Å²) in [5.41, 5.74) is 1.91. The summed E-state index contributed by atoms with van der Waals surface area (Å²) in [7, 11) is 1.31. The first-order valence-electron chi connectivity index (χ1n) is 10.3. The molecule has 0 atom stereocenters. The highest BCUT2D eigenvalue weighted by Crippen LogP contribution is 2.18. The molecule has 8 heteroatoms. The Morgan fingerprint density at radius 1 is 1.12 bits per heavy atom. The van der Waals surface area contributed by atoms with Gasteiger partial charge < -0.3 is 10.4 Å². The highest BCUT2D eigenvalue weighted by Gasteiger charge is 2.17. The van der Waals surface area contributed by atoms with E-state index in [9.17, 15) is 19.5 Å². The van der Waals surface area contributed by atoms with Gasteiger partial charge in [-0.25, -0.2) is 4.79 Å². The number of hydrogen-bond donors (Lipinski definition) is 2. The van der Waals surface area contributed by atoms with Gasteiger partial charge in [-0.2, -0.15) is 0 Å². The quantitative estimate of drug-likeness (QED) is 0.447. The van der Waals surface area contributed by atoms with Crippen LogP contribution in [-0.2, 0) is 24.8 Å². The zero-order valence-electron chi connectivity index (χ0n) is 18.6. The number of phenolic OH excluding ortho intramolecular Hbond substituents is 1. The minimum absolute atomic E-state index is 0.105. The zero-order valence-corrected chi connectivity index (χ0v) is 19.4. The average molecular weight is 466 g/mol. The molecule has 0 saturated heterocycles. The molecule has 3 rings (SSSR count). The van der Waals surface area contributed by atoms with E-state index in [0.717, 1.165) is 25.8 Å². The molecule has 33 heavy (non-hydrogen) atoms. The molecule has 0 spiro atoms. The lowest BCUT2D eigenvalue weighted by Gasteiger charge is -2.13. The van der Waals surface area contributed by atoms with E-state index in [1.165, 1.54) is 13.1 Å². The standard InChI is InChI=1S/C25H24ClN3O4/c1-16-6-9-18(10-7-16)12-13-21(31)27-22-23(26)29(25(33)28(3)24(22)32)14-4-5-19-11-8-17(2)20(30)15-19/h6-11,15,30H,12-14H2,1-3H3,(H,27,31). The van der Waals surface area contributed by atoms with Crippen molar-refractivity contribution in [1.82, 2.24) is 9.13 Å². The predicted octanol–water partition coefficient (Wildman–Crippen LogP) is 3.15. The summed E-state index contributed by atoms with van der Waals surface area (Å²) in [5, 5.41) is 12.2. The molecule has 1 amide bonds. The topological polar surface area (TPSA) is 93.3 Å². The van der Waals surface area contributed by atoms with Gasteiger partial charge in [-0.15, -0.1) is 0 Å². The summed E-state index contributed by atoms with van der Waals surface area (Å²) in [6.07, 6.45) is 0.650. The first kappa shape index (κ1) is 23.9. The summed E-state index contributed by atoms with van der Waals surface area (Å²) >= 11 is 6.32. The Kier molecular flexibility index (Phi) is 7.41. The van der Waals surface area contributed by atoms with Gasteiger partial charge in [-0.05, 0) is 43.5 Å². The van der Waals surface area contributed by atoms with Crippen molar-refractivity contribution >= 4 is 23.2 Å². The molecule has 1 aromatic heterocycles. The fraction of sp³-hybridized carbons (Fsp3) is 0.240. The molecule has 3 aromatic rings. The van der Waals surface area contributed by atoms with Crippen LogP contribution in [0.2, 0.25) is 5.15 Å². The largest absolute Gasteiger partial charge is 0.508 e. The molecule has 2 aromatic carbocycles. The third-order valence-corrected chi connectivity index (χ3v) is 5.58. The molecule has 0 aliphatic carbocycles. The third kappa shape index (κ3) is 5.73. The van der Waals surface area contributed by atoms with Crippen LogP contribution in [0.3, 0.4) is 0 Å². The van der Waals surface area contributed by atoms with Crippen molar-refractivity contribution in [3.63, 3.8) is 0 Å². The van der Waals surface area contributed by atoms with E-state index in [1.807, 2.05) is 31.2 Å². The van der Waals surface area contributed by atoms with Crippen LogP contribution in [0.15, 0.2) is 52.1 Å². The van der Waals surface area contributed by atoms with E-state index >= 15 is 0 Å². The van der Waals surface area contributed by atoms with Crippen LogP contribution in [0, 0.1) is 25.7 Å². The van der Waals surface area contributed by atoms with Gasteiger partial charge in [0.1, 0.15) is 16.6 Å². The van der Waals surface area contributed by atoms with Crippen LogP contribution in [-0.4, -0.2) is 20.1 Å². The van der Waals surface area contributed by atoms with Crippen LogP contribution in [0.1, 0.15) is 28.7 Å². The van der Waals surface area contributed by atoms with E-state index in [2.05, 4.69) is 17.2 Å². The monoisotopic (exact) mass is 465 g/mol. The Balaban J connectivity index is 1.80. The van der Waals surface area contributed by atoms with Gasteiger partial charge in [0.25, 0.3) is 5.56 Å². The molecular weight excluding hydrogens is 442 g/mol. The number of aryl methyl sites for hydroxylation is 3. The van der Waals surface area contributed by atoms with Crippen LogP contribution < -0.4 is 16.6 Å². The van der Waals surface area contributed by atoms with Gasteiger partial charge in [0.2, 0.25) is 5.91 Å². The van der Waals surface area contributed by atoms with Gasteiger partial charge in [0.15, 0.2) is 0 Å². The summed E-state index contributed by atoms with van der Waals surface area (Å²) in [6, 6.07) is 12.8. The summed E-state index contributed by atoms with van der Waals surface area (Å²) < 4.78 is 1.99. The molecule has 7 nitrogen and oxygen atoms in total. The molecule has 0 bridgehead atoms. The summed E-state index contributed by atoms with van der Waals surface area (Å²) in [6.45, 7) is 3.65. The number of nitrogens with one attached hydrogen (secondary N) is 1. The molecule has 0 saturated carbocycles. The molecule has 1 heterocycles. The van der Waals surface area contributed by atoms with Gasteiger partial charge in [0.05, 0.1) is 6.54 Å². The Morgan fingerprint density at radius 3 is 2.48 bits per heavy atom. The fourth-order valence-electron chi connectivity index (χ4n) is 3.11. The van der Waals surface area contributed by atoms with Crippen LogP contribution >= 0.6 is 11.6 Å². The van der Waals surface area contributed by atoms with Crippen molar-refractivity contribution in [2.45, 2.75) is 33.2 Å². The predicted molar refractivity (Wildman–Crippen MR) is 129 cm³/mol. The van der Waals surface area contributed by atoms with Crippen molar-refractivity contribution < 1.29 is 9.90 Å². The number of carbonyl (C=O) groups excluding carboxylic acids is 1. The number of phenols is 1. The van der Waals surface area contributed by atoms with Crippen molar-refractivity contribution in [1.29, 1.82) is 0 Å². The number of halogens is 1. The first-order chi connectivity index (χ1) is 15.7. The number of aromatic hydroxyl groups is 1. The second-order valence-corrected chi connectivity index (χ2v) is 8.09. The van der Waals surface area contributed by atoms with Crippen LogP contribution in [0.25, 0.3) is 0 Å². The number of benzene rings is 2. The molecule has 0 fully saturated rings. The number of rotatable bonds is 5. The lowest BCUT2D eigenvalue weighted by Crippen LogP contribution is -2.40.